The molecular formula is C12H15N5O. The summed E-state index contributed by atoms with van der Waals surface area (Å²) in [5, 5.41) is 4.90. The van der Waals surface area contributed by atoms with Gasteiger partial charge in [0.2, 0.25) is 5.96 Å². The van der Waals surface area contributed by atoms with E-state index in [2.05, 4.69) is 5.10 Å². The molecule has 0 spiro atoms. The Morgan fingerprint density at radius 3 is 2.56 bits per heavy atom. The summed E-state index contributed by atoms with van der Waals surface area (Å²) in [6, 6.07) is 9.29. The van der Waals surface area contributed by atoms with E-state index >= 15 is 0 Å². The number of rotatable bonds is 2. The molecule has 2 aromatic rings. The van der Waals surface area contributed by atoms with Crippen LogP contribution in [-0.4, -0.2) is 35.5 Å². The molecule has 94 valence electrons. The van der Waals surface area contributed by atoms with Gasteiger partial charge in [0.25, 0.3) is 5.91 Å². The van der Waals surface area contributed by atoms with Crippen molar-refractivity contribution in [2.45, 2.75) is 0 Å². The van der Waals surface area contributed by atoms with Gasteiger partial charge in [0.15, 0.2) is 0 Å². The summed E-state index contributed by atoms with van der Waals surface area (Å²) in [4.78, 5) is 13.5. The third-order valence-electron chi connectivity index (χ3n) is 2.53. The Morgan fingerprint density at radius 2 is 1.94 bits per heavy atom. The number of benzene rings is 1. The normalized spacial score (nSPS) is 10.3. The number of nitrogens with two attached hydrogens (primary N) is 2. The van der Waals surface area contributed by atoms with Crippen molar-refractivity contribution in [2.75, 3.05) is 14.1 Å². The smallest absolute Gasteiger partial charge is 0.272 e. The SMILES string of the molecule is CN(C)C(=O)c1cc2ccccc2n1N=C(N)N. The molecule has 0 aliphatic carbocycles. The zero-order chi connectivity index (χ0) is 13.3. The Labute approximate surface area is 104 Å². The van der Waals surface area contributed by atoms with Crippen LogP contribution < -0.4 is 11.5 Å². The van der Waals surface area contributed by atoms with Gasteiger partial charge < -0.3 is 16.4 Å². The zero-order valence-electron chi connectivity index (χ0n) is 10.3. The lowest BCUT2D eigenvalue weighted by Gasteiger charge is -2.10. The van der Waals surface area contributed by atoms with Crippen molar-refractivity contribution >= 4 is 22.8 Å². The molecule has 1 heterocycles. The second-order valence-corrected chi connectivity index (χ2v) is 4.12. The first-order valence-electron chi connectivity index (χ1n) is 5.43. The molecule has 1 amide bonds. The Hall–Kier alpha value is -2.50. The van der Waals surface area contributed by atoms with E-state index in [1.165, 1.54) is 9.58 Å². The van der Waals surface area contributed by atoms with E-state index in [1.807, 2.05) is 24.3 Å². The van der Waals surface area contributed by atoms with E-state index in [0.29, 0.717) is 5.69 Å². The molecule has 0 radical (unpaired) electrons. The summed E-state index contributed by atoms with van der Waals surface area (Å²) < 4.78 is 1.47. The second-order valence-electron chi connectivity index (χ2n) is 4.12. The standard InChI is InChI=1S/C12H15N5O/c1-16(2)11(18)10-7-8-5-3-4-6-9(8)17(10)15-12(13)14/h3-7H,1-2H3,(H4,13,14,15). The number of amides is 1. The minimum Gasteiger partial charge on any atom is -0.369 e. The van der Waals surface area contributed by atoms with Gasteiger partial charge in [-0.05, 0) is 12.1 Å². The average molecular weight is 245 g/mol. The molecule has 1 aromatic carbocycles. The quantitative estimate of drug-likeness (QED) is 0.592. The van der Waals surface area contributed by atoms with Gasteiger partial charge in [0, 0.05) is 19.5 Å². The monoisotopic (exact) mass is 245 g/mol. The minimum absolute atomic E-state index is 0.0934. The summed E-state index contributed by atoms with van der Waals surface area (Å²) in [6.07, 6.45) is 0. The average Bonchev–Trinajstić information content (AvgIpc) is 2.66. The van der Waals surface area contributed by atoms with Gasteiger partial charge in [-0.25, -0.2) is 4.68 Å². The van der Waals surface area contributed by atoms with Crippen LogP contribution in [0.1, 0.15) is 10.5 Å². The van der Waals surface area contributed by atoms with E-state index < -0.39 is 0 Å². The first-order chi connectivity index (χ1) is 8.50. The number of hydrogen-bond donors (Lipinski definition) is 2. The molecule has 2 rings (SSSR count). The summed E-state index contributed by atoms with van der Waals surface area (Å²) in [5.74, 6) is -0.250. The van der Waals surface area contributed by atoms with E-state index in [-0.39, 0.29) is 11.9 Å². The Bertz CT molecular complexity index is 622. The lowest BCUT2D eigenvalue weighted by atomic mass is 10.2. The maximum Gasteiger partial charge on any atom is 0.272 e. The van der Waals surface area contributed by atoms with E-state index in [4.69, 9.17) is 11.5 Å². The second kappa shape index (κ2) is 4.40. The fraction of sp³-hybridized carbons (Fsp3) is 0.167. The van der Waals surface area contributed by atoms with E-state index in [1.54, 1.807) is 20.2 Å². The van der Waals surface area contributed by atoms with Crippen molar-refractivity contribution in [3.8, 4) is 0 Å². The Kier molecular flexibility index (Phi) is 2.93. The van der Waals surface area contributed by atoms with Crippen LogP contribution in [0.3, 0.4) is 0 Å². The third kappa shape index (κ3) is 2.00. The van der Waals surface area contributed by atoms with Crippen LogP contribution in [-0.2, 0) is 0 Å². The Morgan fingerprint density at radius 1 is 1.28 bits per heavy atom. The minimum atomic E-state index is -0.156. The molecule has 18 heavy (non-hydrogen) atoms. The highest BCUT2D eigenvalue weighted by molar-refractivity contribution is 5.98. The molecule has 0 aliphatic rings. The van der Waals surface area contributed by atoms with Crippen molar-refractivity contribution in [2.24, 2.45) is 16.6 Å². The Balaban J connectivity index is 2.72. The van der Waals surface area contributed by atoms with Crippen LogP contribution in [0.5, 0.6) is 0 Å². The van der Waals surface area contributed by atoms with Crippen molar-refractivity contribution in [1.29, 1.82) is 0 Å². The largest absolute Gasteiger partial charge is 0.369 e. The number of para-hydroxylation sites is 1. The van der Waals surface area contributed by atoms with Gasteiger partial charge in [0.05, 0.1) is 5.52 Å². The maximum absolute atomic E-state index is 12.1. The highest BCUT2D eigenvalue weighted by Crippen LogP contribution is 2.20. The highest BCUT2D eigenvalue weighted by Gasteiger charge is 2.16. The van der Waals surface area contributed by atoms with Crippen LogP contribution in [0, 0.1) is 0 Å². The number of nitrogens with zero attached hydrogens (tertiary/aromatic N) is 3. The molecule has 6 heteroatoms. The molecule has 0 bridgehead atoms. The van der Waals surface area contributed by atoms with Crippen molar-refractivity contribution in [1.82, 2.24) is 9.58 Å². The van der Waals surface area contributed by atoms with Crippen LogP contribution in [0.15, 0.2) is 35.4 Å². The van der Waals surface area contributed by atoms with Crippen molar-refractivity contribution < 1.29 is 4.79 Å². The van der Waals surface area contributed by atoms with Crippen LogP contribution in [0.2, 0.25) is 0 Å². The predicted molar refractivity (Wildman–Crippen MR) is 71.2 cm³/mol. The van der Waals surface area contributed by atoms with Crippen LogP contribution in [0.25, 0.3) is 10.9 Å². The molecule has 6 nitrogen and oxygen atoms in total. The number of carbonyl (C=O) groups is 1. The third-order valence-corrected chi connectivity index (χ3v) is 2.53. The number of carbonyl (C=O) groups excluding carboxylic acids is 1. The zero-order valence-corrected chi connectivity index (χ0v) is 10.3. The maximum atomic E-state index is 12.1. The summed E-state index contributed by atoms with van der Waals surface area (Å²) in [5.41, 5.74) is 12.0. The van der Waals surface area contributed by atoms with Crippen molar-refractivity contribution in [3.63, 3.8) is 0 Å². The van der Waals surface area contributed by atoms with Gasteiger partial charge in [-0.2, -0.15) is 0 Å². The lowest BCUT2D eigenvalue weighted by Crippen LogP contribution is -2.27. The van der Waals surface area contributed by atoms with Gasteiger partial charge in [-0.3, -0.25) is 4.79 Å². The molecule has 0 saturated heterocycles. The molecule has 0 fully saturated rings. The first-order valence-corrected chi connectivity index (χ1v) is 5.43. The lowest BCUT2D eigenvalue weighted by molar-refractivity contribution is 0.0818. The number of hydrogen-bond acceptors (Lipinski definition) is 2. The fourth-order valence-corrected chi connectivity index (χ4v) is 1.75. The molecule has 0 aliphatic heterocycles. The van der Waals surface area contributed by atoms with Crippen LogP contribution in [0.4, 0.5) is 0 Å². The van der Waals surface area contributed by atoms with Gasteiger partial charge >= 0.3 is 0 Å². The van der Waals surface area contributed by atoms with E-state index in [9.17, 15) is 4.79 Å². The fourth-order valence-electron chi connectivity index (χ4n) is 1.75. The summed E-state index contributed by atoms with van der Waals surface area (Å²) >= 11 is 0. The first kappa shape index (κ1) is 12.0. The summed E-state index contributed by atoms with van der Waals surface area (Å²) in [6.45, 7) is 0. The van der Waals surface area contributed by atoms with Gasteiger partial charge in [-0.15, -0.1) is 5.10 Å². The molecule has 0 atom stereocenters. The van der Waals surface area contributed by atoms with Gasteiger partial charge in [0.1, 0.15) is 5.69 Å². The van der Waals surface area contributed by atoms with Crippen molar-refractivity contribution in [3.05, 3.63) is 36.0 Å². The van der Waals surface area contributed by atoms with Gasteiger partial charge in [-0.1, -0.05) is 18.2 Å². The molecule has 1 aromatic heterocycles. The summed E-state index contributed by atoms with van der Waals surface area (Å²) in [7, 11) is 3.36. The molecule has 0 saturated carbocycles. The van der Waals surface area contributed by atoms with Crippen LogP contribution >= 0.6 is 0 Å². The highest BCUT2D eigenvalue weighted by atomic mass is 16.2. The van der Waals surface area contributed by atoms with E-state index in [0.717, 1.165) is 10.9 Å². The molecule has 4 N–H and O–H groups in total. The number of guanidine groups is 1. The topological polar surface area (TPSA) is 89.6 Å². The number of aromatic nitrogens is 1. The molecular weight excluding hydrogens is 230 g/mol. The predicted octanol–water partition coefficient (Wildman–Crippen LogP) is 0.380. The number of fused-ring (bicyclic) bond motifs is 1. The molecule has 0 unspecified atom stereocenters.